The molecular weight excluding hydrogens is 791 g/mol. The zero-order valence-corrected chi connectivity index (χ0v) is 43.0. The molecule has 0 saturated heterocycles. The van der Waals surface area contributed by atoms with Crippen molar-refractivity contribution in [3.05, 3.63) is 24.3 Å². The topological polar surface area (TPSA) is 95.9 Å². The van der Waals surface area contributed by atoms with E-state index >= 15 is 0 Å². The van der Waals surface area contributed by atoms with Crippen molar-refractivity contribution in [2.75, 3.05) is 13.2 Å². The lowest BCUT2D eigenvalue weighted by molar-refractivity contribution is -0.143. The summed E-state index contributed by atoms with van der Waals surface area (Å²) in [5.74, 6) is -0.0829. The number of aliphatic hydroxyl groups is 2. The van der Waals surface area contributed by atoms with Gasteiger partial charge < -0.3 is 20.3 Å². The third kappa shape index (κ3) is 49.8. The number of aliphatic hydroxyl groups excluding tert-OH is 2. The van der Waals surface area contributed by atoms with Crippen LogP contribution in [-0.4, -0.2) is 47.4 Å². The molecule has 6 nitrogen and oxygen atoms in total. The highest BCUT2D eigenvalue weighted by Gasteiger charge is 2.18. The van der Waals surface area contributed by atoms with Crippen molar-refractivity contribution >= 4 is 11.9 Å². The lowest BCUT2D eigenvalue weighted by atomic mass is 10.0. The largest absolute Gasteiger partial charge is 0.466 e. The zero-order chi connectivity index (χ0) is 46.5. The summed E-state index contributed by atoms with van der Waals surface area (Å²) in [6, 6.07) is -0.634. The minimum atomic E-state index is -0.850. The van der Waals surface area contributed by atoms with E-state index in [1.165, 1.54) is 231 Å². The van der Waals surface area contributed by atoms with Crippen LogP contribution in [0.25, 0.3) is 0 Å². The molecular formula is C58H111NO5. The Morgan fingerprint density at radius 1 is 0.422 bits per heavy atom. The van der Waals surface area contributed by atoms with Gasteiger partial charge in [0, 0.05) is 12.8 Å². The Bertz CT molecular complexity index is 997. The molecule has 64 heavy (non-hydrogen) atoms. The van der Waals surface area contributed by atoms with Crippen LogP contribution in [0.4, 0.5) is 0 Å². The lowest BCUT2D eigenvalue weighted by Crippen LogP contribution is -2.45. The van der Waals surface area contributed by atoms with Gasteiger partial charge in [-0.05, 0) is 57.8 Å². The van der Waals surface area contributed by atoms with Gasteiger partial charge in [0.2, 0.25) is 5.91 Å². The number of amides is 1. The first-order chi connectivity index (χ1) is 31.5. The third-order valence-corrected chi connectivity index (χ3v) is 13.2. The molecule has 0 radical (unpaired) electrons. The smallest absolute Gasteiger partial charge is 0.305 e. The number of hydrogen-bond donors (Lipinski definition) is 3. The van der Waals surface area contributed by atoms with Gasteiger partial charge in [-0.2, -0.15) is 0 Å². The van der Waals surface area contributed by atoms with Crippen LogP contribution in [0.5, 0.6) is 0 Å². The molecule has 3 N–H and O–H groups in total. The van der Waals surface area contributed by atoms with Gasteiger partial charge in [0.25, 0.3) is 0 Å². The molecule has 0 saturated carbocycles. The van der Waals surface area contributed by atoms with Crippen molar-refractivity contribution in [1.29, 1.82) is 0 Å². The number of hydrogen-bond acceptors (Lipinski definition) is 5. The molecule has 378 valence electrons. The minimum absolute atomic E-state index is 0.00762. The number of ether oxygens (including phenoxy) is 1. The predicted molar refractivity (Wildman–Crippen MR) is 278 cm³/mol. The fourth-order valence-electron chi connectivity index (χ4n) is 8.81. The molecule has 0 bridgehead atoms. The normalized spacial score (nSPS) is 12.8. The molecule has 0 rings (SSSR count). The Morgan fingerprint density at radius 3 is 1.11 bits per heavy atom. The van der Waals surface area contributed by atoms with Crippen molar-refractivity contribution in [3.8, 4) is 0 Å². The second-order valence-electron chi connectivity index (χ2n) is 19.6. The monoisotopic (exact) mass is 902 g/mol. The van der Waals surface area contributed by atoms with E-state index in [0.717, 1.165) is 51.4 Å². The maximum Gasteiger partial charge on any atom is 0.305 e. The Labute approximate surface area is 399 Å². The maximum atomic E-state index is 12.5. The van der Waals surface area contributed by atoms with Gasteiger partial charge in [-0.25, -0.2) is 0 Å². The molecule has 0 aromatic carbocycles. The van der Waals surface area contributed by atoms with Crippen LogP contribution in [-0.2, 0) is 14.3 Å². The quantitative estimate of drug-likeness (QED) is 0.0321. The summed E-state index contributed by atoms with van der Waals surface area (Å²) < 4.78 is 5.47. The van der Waals surface area contributed by atoms with Crippen LogP contribution >= 0.6 is 0 Å². The molecule has 0 aromatic rings. The number of rotatable bonds is 53. The van der Waals surface area contributed by atoms with Crippen molar-refractivity contribution in [3.63, 3.8) is 0 Å². The molecule has 0 aliphatic rings. The second kappa shape index (κ2) is 54.0. The summed E-state index contributed by atoms with van der Waals surface area (Å²) >= 11 is 0. The average Bonchev–Trinajstić information content (AvgIpc) is 3.29. The Kier molecular flexibility index (Phi) is 52.6. The van der Waals surface area contributed by atoms with Gasteiger partial charge in [-0.3, -0.25) is 9.59 Å². The van der Waals surface area contributed by atoms with Crippen molar-refractivity contribution in [1.82, 2.24) is 5.32 Å². The third-order valence-electron chi connectivity index (χ3n) is 13.2. The lowest BCUT2D eigenvalue weighted by Gasteiger charge is -2.20. The van der Waals surface area contributed by atoms with Crippen LogP contribution in [0.2, 0.25) is 0 Å². The highest BCUT2D eigenvalue weighted by molar-refractivity contribution is 5.76. The zero-order valence-electron chi connectivity index (χ0n) is 43.0. The standard InChI is InChI=1S/C58H111NO5/c1-3-5-7-9-11-13-15-17-19-22-26-30-34-38-42-46-50-56(61)55(54-60)59-57(62)51-47-43-39-35-31-27-23-21-25-29-33-37-41-45-49-53-64-58(63)52-48-44-40-36-32-28-24-20-18-16-14-12-10-8-6-4-2/h20,24,46,50,55-56,60-61H,3-19,21-23,25-45,47-49,51-54H2,1-2H3,(H,59,62)/b24-20-,50-46+. The molecule has 0 heterocycles. The molecule has 0 aromatic heterocycles. The van der Waals surface area contributed by atoms with E-state index in [0.29, 0.717) is 19.4 Å². The summed E-state index contributed by atoms with van der Waals surface area (Å²) in [5, 5.41) is 23.1. The first-order valence-corrected chi connectivity index (χ1v) is 28.6. The number of esters is 1. The summed E-state index contributed by atoms with van der Waals surface area (Å²) in [7, 11) is 0. The summed E-state index contributed by atoms with van der Waals surface area (Å²) in [6.07, 6.45) is 64.7. The Hall–Kier alpha value is -1.66. The summed E-state index contributed by atoms with van der Waals surface area (Å²) in [6.45, 7) is 4.89. The van der Waals surface area contributed by atoms with Crippen molar-refractivity contribution in [2.24, 2.45) is 0 Å². The van der Waals surface area contributed by atoms with E-state index in [4.69, 9.17) is 4.74 Å². The molecule has 0 aliphatic carbocycles. The fourth-order valence-corrected chi connectivity index (χ4v) is 8.81. The van der Waals surface area contributed by atoms with Gasteiger partial charge in [-0.15, -0.1) is 0 Å². The first-order valence-electron chi connectivity index (χ1n) is 28.6. The van der Waals surface area contributed by atoms with Crippen LogP contribution in [0, 0.1) is 0 Å². The van der Waals surface area contributed by atoms with Crippen LogP contribution < -0.4 is 5.32 Å². The van der Waals surface area contributed by atoms with E-state index in [1.54, 1.807) is 6.08 Å². The summed E-state index contributed by atoms with van der Waals surface area (Å²) in [4.78, 5) is 24.5. The predicted octanol–water partition coefficient (Wildman–Crippen LogP) is 17.5. The Morgan fingerprint density at radius 2 is 0.734 bits per heavy atom. The molecule has 0 aliphatic heterocycles. The molecule has 0 fully saturated rings. The number of unbranched alkanes of at least 4 members (excludes halogenated alkanes) is 40. The van der Waals surface area contributed by atoms with E-state index < -0.39 is 12.1 Å². The molecule has 6 heteroatoms. The van der Waals surface area contributed by atoms with E-state index in [1.807, 2.05) is 6.08 Å². The SMILES string of the molecule is CCCCCCCCC/C=C\CCCCCCCC(=O)OCCCCCCCCCCCCCCCCCC(=O)NC(CO)C(O)/C=C/CCCCCCCCCCCCCCCC. The Balaban J connectivity index is 3.46. The number of nitrogens with one attached hydrogen (secondary N) is 1. The average molecular weight is 903 g/mol. The van der Waals surface area contributed by atoms with Gasteiger partial charge in [0.1, 0.15) is 0 Å². The summed E-state index contributed by atoms with van der Waals surface area (Å²) in [5.41, 5.74) is 0. The van der Waals surface area contributed by atoms with E-state index in [2.05, 4.69) is 31.3 Å². The van der Waals surface area contributed by atoms with Crippen LogP contribution in [0.3, 0.4) is 0 Å². The van der Waals surface area contributed by atoms with Gasteiger partial charge >= 0.3 is 5.97 Å². The number of carbonyl (C=O) groups excluding carboxylic acids is 2. The molecule has 1 amide bonds. The highest BCUT2D eigenvalue weighted by atomic mass is 16.5. The van der Waals surface area contributed by atoms with E-state index in [9.17, 15) is 19.8 Å². The fraction of sp³-hybridized carbons (Fsp3) is 0.897. The molecule has 2 unspecified atom stereocenters. The first kappa shape index (κ1) is 62.3. The van der Waals surface area contributed by atoms with Gasteiger partial charge in [0.05, 0.1) is 25.4 Å². The van der Waals surface area contributed by atoms with Gasteiger partial charge in [-0.1, -0.05) is 263 Å². The van der Waals surface area contributed by atoms with Crippen LogP contribution in [0.1, 0.15) is 309 Å². The second-order valence-corrected chi connectivity index (χ2v) is 19.6. The number of allylic oxidation sites excluding steroid dienone is 3. The van der Waals surface area contributed by atoms with Gasteiger partial charge in [0.15, 0.2) is 0 Å². The van der Waals surface area contributed by atoms with Crippen molar-refractivity contribution < 1.29 is 24.5 Å². The van der Waals surface area contributed by atoms with Crippen molar-refractivity contribution in [2.45, 2.75) is 321 Å². The highest BCUT2D eigenvalue weighted by Crippen LogP contribution is 2.17. The molecule has 0 spiro atoms. The van der Waals surface area contributed by atoms with Crippen LogP contribution in [0.15, 0.2) is 24.3 Å². The van der Waals surface area contributed by atoms with E-state index in [-0.39, 0.29) is 18.5 Å². The number of carbonyl (C=O) groups is 2. The maximum absolute atomic E-state index is 12.5. The molecule has 2 atom stereocenters. The minimum Gasteiger partial charge on any atom is -0.466 e.